The fourth-order valence-electron chi connectivity index (χ4n) is 4.40. The summed E-state index contributed by atoms with van der Waals surface area (Å²) in [6.07, 6.45) is 11.5. The molecule has 1 aromatic carbocycles. The molecule has 10 heteroatoms. The van der Waals surface area contributed by atoms with Gasteiger partial charge < -0.3 is 22.5 Å². The Bertz CT molecular complexity index is 1360. The summed E-state index contributed by atoms with van der Waals surface area (Å²) in [5.41, 5.74) is 24.1. The molecule has 3 aromatic heterocycles. The van der Waals surface area contributed by atoms with Gasteiger partial charge in [0.15, 0.2) is 0 Å². The van der Waals surface area contributed by atoms with Crippen LogP contribution >= 0.6 is 11.6 Å². The Morgan fingerprint density at radius 1 is 1.09 bits per heavy atom. The third kappa shape index (κ3) is 4.44. The van der Waals surface area contributed by atoms with Gasteiger partial charge >= 0.3 is 0 Å². The zero-order valence-corrected chi connectivity index (χ0v) is 19.7. The maximum Gasteiger partial charge on any atom is 0.135 e. The van der Waals surface area contributed by atoms with Crippen LogP contribution in [0.4, 0.5) is 17.1 Å². The number of aryl methyl sites for hydroxylation is 1. The van der Waals surface area contributed by atoms with Gasteiger partial charge in [-0.1, -0.05) is 11.6 Å². The molecule has 3 heterocycles. The lowest BCUT2D eigenvalue weighted by atomic mass is 9.91. The van der Waals surface area contributed by atoms with E-state index >= 15 is 0 Å². The maximum absolute atomic E-state index is 6.51. The molecule has 9 nitrogen and oxygen atoms in total. The van der Waals surface area contributed by atoms with Crippen molar-refractivity contribution in [1.82, 2.24) is 19.4 Å². The minimum absolute atomic E-state index is 0.264. The highest BCUT2D eigenvalue weighted by Crippen LogP contribution is 2.32. The van der Waals surface area contributed by atoms with Crippen LogP contribution in [0.2, 0.25) is 5.02 Å². The van der Waals surface area contributed by atoms with Gasteiger partial charge in [0.1, 0.15) is 5.84 Å². The zero-order valence-electron chi connectivity index (χ0n) is 18.9. The molecule has 0 radical (unpaired) electrons. The second kappa shape index (κ2) is 9.00. The number of nitrogen functional groups attached to an aromatic ring is 1. The molecular weight excluding hydrogens is 450 g/mol. The van der Waals surface area contributed by atoms with Gasteiger partial charge in [-0.05, 0) is 49.9 Å². The van der Waals surface area contributed by atoms with Crippen LogP contribution in [0.25, 0.3) is 16.6 Å². The Morgan fingerprint density at radius 3 is 2.59 bits per heavy atom. The fraction of sp³-hybridized carbons (Fsp3) is 0.292. The van der Waals surface area contributed by atoms with Crippen molar-refractivity contribution in [1.29, 1.82) is 0 Å². The van der Waals surface area contributed by atoms with E-state index in [1.165, 1.54) is 0 Å². The van der Waals surface area contributed by atoms with E-state index in [0.29, 0.717) is 27.8 Å². The van der Waals surface area contributed by atoms with E-state index in [0.717, 1.165) is 48.0 Å². The van der Waals surface area contributed by atoms with Gasteiger partial charge in [0.05, 0.1) is 39.9 Å². The number of benzene rings is 1. The number of rotatable bonds is 5. The number of hydrogen-bond acceptors (Lipinski definition) is 6. The van der Waals surface area contributed by atoms with Crippen molar-refractivity contribution < 1.29 is 0 Å². The van der Waals surface area contributed by atoms with Crippen molar-refractivity contribution in [3.05, 3.63) is 59.6 Å². The largest absolute Gasteiger partial charge is 0.399 e. The average Bonchev–Trinajstić information content (AvgIpc) is 3.43. The van der Waals surface area contributed by atoms with Gasteiger partial charge in [-0.15, -0.1) is 0 Å². The van der Waals surface area contributed by atoms with E-state index in [-0.39, 0.29) is 12.1 Å². The second-order valence-electron chi connectivity index (χ2n) is 8.86. The molecule has 0 saturated heterocycles. The lowest BCUT2D eigenvalue weighted by Crippen LogP contribution is -2.33. The number of aliphatic imine (C=N–C) groups is 1. The normalized spacial score (nSPS) is 19.0. The van der Waals surface area contributed by atoms with Gasteiger partial charge in [0, 0.05) is 48.3 Å². The molecule has 1 aliphatic rings. The number of fused-ring (bicyclic) bond motifs is 1. The minimum Gasteiger partial charge on any atom is -0.399 e. The molecule has 0 bridgehead atoms. The van der Waals surface area contributed by atoms with Crippen molar-refractivity contribution >= 4 is 40.0 Å². The number of hydrogen-bond donors (Lipinski definition) is 4. The predicted molar refractivity (Wildman–Crippen MR) is 137 cm³/mol. The summed E-state index contributed by atoms with van der Waals surface area (Å²) in [5.74, 6) is 0.320. The molecule has 7 N–H and O–H groups in total. The molecule has 176 valence electrons. The minimum atomic E-state index is 0.264. The highest BCUT2D eigenvalue weighted by atomic mass is 35.5. The molecule has 0 atom stereocenters. The molecule has 5 rings (SSSR count). The van der Waals surface area contributed by atoms with Crippen LogP contribution in [-0.2, 0) is 7.05 Å². The number of anilines is 2. The molecule has 0 spiro atoms. The second-order valence-corrected chi connectivity index (χ2v) is 9.27. The zero-order chi connectivity index (χ0) is 23.8. The molecule has 0 amide bonds. The molecule has 34 heavy (non-hydrogen) atoms. The summed E-state index contributed by atoms with van der Waals surface area (Å²) in [4.78, 5) is 4.60. The van der Waals surface area contributed by atoms with Gasteiger partial charge in [-0.25, -0.2) is 9.51 Å². The van der Waals surface area contributed by atoms with Gasteiger partial charge in [-0.3, -0.25) is 4.68 Å². The smallest absolute Gasteiger partial charge is 0.135 e. The van der Waals surface area contributed by atoms with Crippen LogP contribution in [0, 0.1) is 0 Å². The third-order valence-electron chi connectivity index (χ3n) is 6.28. The summed E-state index contributed by atoms with van der Waals surface area (Å²) in [7, 11) is 1.90. The molecular formula is C24H28ClN9. The Kier molecular flexibility index (Phi) is 5.89. The summed E-state index contributed by atoms with van der Waals surface area (Å²) in [6.45, 7) is 0. The lowest BCUT2D eigenvalue weighted by molar-refractivity contribution is 0.411. The van der Waals surface area contributed by atoms with E-state index in [1.54, 1.807) is 29.1 Å². The Morgan fingerprint density at radius 2 is 1.88 bits per heavy atom. The molecule has 1 aliphatic carbocycles. The Balaban J connectivity index is 1.60. The monoisotopic (exact) mass is 477 g/mol. The highest BCUT2D eigenvalue weighted by Gasteiger charge is 2.22. The average molecular weight is 478 g/mol. The predicted octanol–water partition coefficient (Wildman–Crippen LogP) is 3.69. The highest BCUT2D eigenvalue weighted by molar-refractivity contribution is 6.33. The fourth-order valence-corrected chi connectivity index (χ4v) is 4.63. The van der Waals surface area contributed by atoms with Gasteiger partial charge in [0.25, 0.3) is 0 Å². The van der Waals surface area contributed by atoms with Crippen LogP contribution < -0.4 is 22.5 Å². The van der Waals surface area contributed by atoms with Crippen molar-refractivity contribution in [3.63, 3.8) is 0 Å². The first kappa shape index (κ1) is 22.2. The SMILES string of the molecule is Cn1cc(-c2cc3c(NC4CCC(N)CC4)c(C(N)=Nc4ccc(N)cc4Cl)cnn3c2)cn1. The van der Waals surface area contributed by atoms with Gasteiger partial charge in [0.2, 0.25) is 0 Å². The Hall–Kier alpha value is -3.56. The number of nitrogens with two attached hydrogens (primary N) is 3. The van der Waals surface area contributed by atoms with E-state index < -0.39 is 0 Å². The number of halogens is 1. The van der Waals surface area contributed by atoms with Crippen molar-refractivity contribution in [2.75, 3.05) is 11.1 Å². The first-order chi connectivity index (χ1) is 16.4. The summed E-state index contributed by atoms with van der Waals surface area (Å²) < 4.78 is 3.63. The van der Waals surface area contributed by atoms with E-state index in [1.807, 2.05) is 30.2 Å². The molecule has 0 unspecified atom stereocenters. The van der Waals surface area contributed by atoms with Crippen LogP contribution in [-0.4, -0.2) is 37.3 Å². The number of nitrogens with zero attached hydrogens (tertiary/aromatic N) is 5. The van der Waals surface area contributed by atoms with Crippen LogP contribution in [0.15, 0.2) is 54.0 Å². The van der Waals surface area contributed by atoms with Crippen molar-refractivity contribution in [2.24, 2.45) is 23.5 Å². The van der Waals surface area contributed by atoms with Crippen molar-refractivity contribution in [3.8, 4) is 11.1 Å². The summed E-state index contributed by atoms with van der Waals surface area (Å²) in [6, 6.07) is 7.80. The number of amidine groups is 1. The molecule has 1 saturated carbocycles. The maximum atomic E-state index is 6.51. The number of aromatic nitrogens is 4. The van der Waals surface area contributed by atoms with Crippen LogP contribution in [0.1, 0.15) is 31.2 Å². The topological polar surface area (TPSA) is 138 Å². The van der Waals surface area contributed by atoms with E-state index in [4.69, 9.17) is 28.8 Å². The van der Waals surface area contributed by atoms with Crippen LogP contribution in [0.5, 0.6) is 0 Å². The molecule has 1 fully saturated rings. The number of nitrogens with one attached hydrogen (secondary N) is 1. The van der Waals surface area contributed by atoms with E-state index in [9.17, 15) is 0 Å². The standard InChI is InChI=1S/C24H28ClN9/c1-33-12-15(10-29-33)14-8-22-23(31-18-5-2-16(26)3-6-18)19(11-30-34(22)13-14)24(28)32-21-7-4-17(27)9-20(21)25/h4,7-13,16,18,31H,2-3,5-6,26-27H2,1H3,(H2,28,32). The van der Waals surface area contributed by atoms with E-state index in [2.05, 4.69) is 26.6 Å². The van der Waals surface area contributed by atoms with Crippen LogP contribution in [0.3, 0.4) is 0 Å². The quantitative estimate of drug-likeness (QED) is 0.196. The Labute approximate surface area is 202 Å². The first-order valence-electron chi connectivity index (χ1n) is 11.3. The summed E-state index contributed by atoms with van der Waals surface area (Å²) >= 11 is 6.34. The summed E-state index contributed by atoms with van der Waals surface area (Å²) in [5, 5.41) is 13.1. The van der Waals surface area contributed by atoms with Crippen molar-refractivity contribution in [2.45, 2.75) is 37.8 Å². The third-order valence-corrected chi connectivity index (χ3v) is 6.59. The molecule has 4 aromatic rings. The molecule has 0 aliphatic heterocycles. The lowest BCUT2D eigenvalue weighted by Gasteiger charge is -2.28. The first-order valence-corrected chi connectivity index (χ1v) is 11.7. The van der Waals surface area contributed by atoms with Gasteiger partial charge in [-0.2, -0.15) is 10.2 Å².